The number of nitrogens with one attached hydrogen (secondary N) is 1. The van der Waals surface area contributed by atoms with Crippen LogP contribution in [0.5, 0.6) is 0 Å². The van der Waals surface area contributed by atoms with Crippen LogP contribution in [-0.4, -0.2) is 35.7 Å². The molecule has 2 aliphatic rings. The summed E-state index contributed by atoms with van der Waals surface area (Å²) in [4.78, 5) is 10.8. The van der Waals surface area contributed by atoms with Crippen LogP contribution in [0.3, 0.4) is 0 Å². The molecule has 52 heavy (non-hydrogen) atoms. The van der Waals surface area contributed by atoms with Gasteiger partial charge in [-0.05, 0) is 91.0 Å². The molecule has 4 aromatic carbocycles. The third-order valence-corrected chi connectivity index (χ3v) is 11.4. The number of imidazole rings is 1. The van der Waals surface area contributed by atoms with Gasteiger partial charge in [-0.3, -0.25) is 0 Å². The van der Waals surface area contributed by atoms with E-state index >= 15 is 0 Å². The quantitative estimate of drug-likeness (QED) is 0.0607. The molecule has 7 rings (SSSR count). The molecule has 0 saturated heterocycles. The molecular weight excluding hydrogens is 657 g/mol. The van der Waals surface area contributed by atoms with Crippen LogP contribution in [0.4, 0.5) is 22.7 Å². The molecule has 0 aliphatic carbocycles. The van der Waals surface area contributed by atoms with Crippen LogP contribution in [0.25, 0.3) is 44.7 Å². The van der Waals surface area contributed by atoms with Crippen molar-refractivity contribution < 1.29 is 0 Å². The molecule has 2 aliphatic heterocycles. The van der Waals surface area contributed by atoms with Crippen LogP contribution >= 0.6 is 12.8 Å². The minimum Gasteiger partial charge on any atom is -0.396 e. The van der Waals surface area contributed by atoms with Crippen LogP contribution in [0.15, 0.2) is 66.7 Å². The Bertz CT molecular complexity index is 2000. The van der Waals surface area contributed by atoms with Gasteiger partial charge in [-0.15, -0.1) is 0 Å². The molecule has 0 fully saturated rings. The van der Waals surface area contributed by atoms with Crippen molar-refractivity contribution in [1.82, 2.24) is 9.55 Å². The summed E-state index contributed by atoms with van der Waals surface area (Å²) in [6.45, 7) is 14.5. The molecule has 3 N–H and O–H groups in total. The topological polar surface area (TPSA) is 62.4 Å². The van der Waals surface area contributed by atoms with Gasteiger partial charge in [-0.1, -0.05) is 109 Å². The Labute approximate surface area is 317 Å². The van der Waals surface area contributed by atoms with Gasteiger partial charge >= 0.3 is 0 Å². The Morgan fingerprint density at radius 2 is 1.33 bits per heavy atom. The predicted octanol–water partition coefficient (Wildman–Crippen LogP) is 11.4. The molecule has 274 valence electrons. The van der Waals surface area contributed by atoms with Gasteiger partial charge in [0.05, 0.1) is 22.4 Å². The number of aryl methyl sites for hydroxylation is 2. The number of nitrogens with two attached hydrogens (primary N) is 1. The maximum Gasteiger partial charge on any atom is 0.141 e. The average Bonchev–Trinajstić information content (AvgIpc) is 3.52. The molecule has 0 bridgehead atoms. The molecule has 1 aromatic heterocycles. The second-order valence-corrected chi connectivity index (χ2v) is 15.7. The second kappa shape index (κ2) is 16.3. The van der Waals surface area contributed by atoms with Crippen LogP contribution in [0.1, 0.15) is 90.2 Å². The smallest absolute Gasteiger partial charge is 0.141 e. The SMILES string of the molecule is CCCCCN1CCCc2cc(-c3c(NS)c(N)c(-c4ccc5c(c4)CCCN5CCCCC)c4c3nc(-c3ccccc3)n4CC(C)C)ccc21. The zero-order valence-corrected chi connectivity index (χ0v) is 32.7. The van der Waals surface area contributed by atoms with Crippen LogP contribution in [0, 0.1) is 5.92 Å². The summed E-state index contributed by atoms with van der Waals surface area (Å²) in [6.07, 6.45) is 12.0. The van der Waals surface area contributed by atoms with Crippen LogP contribution in [0.2, 0.25) is 0 Å². The maximum absolute atomic E-state index is 7.42. The zero-order valence-electron chi connectivity index (χ0n) is 31.8. The zero-order chi connectivity index (χ0) is 36.2. The summed E-state index contributed by atoms with van der Waals surface area (Å²) in [7, 11) is 0. The molecule has 0 atom stereocenters. The maximum atomic E-state index is 7.42. The Morgan fingerprint density at radius 3 is 1.87 bits per heavy atom. The van der Waals surface area contributed by atoms with E-state index in [4.69, 9.17) is 23.5 Å². The average molecular weight is 715 g/mol. The molecule has 5 aromatic rings. The highest BCUT2D eigenvalue weighted by Gasteiger charge is 2.29. The van der Waals surface area contributed by atoms with Crippen molar-refractivity contribution in [3.63, 3.8) is 0 Å². The number of benzene rings is 4. The highest BCUT2D eigenvalue weighted by Crippen LogP contribution is 2.49. The van der Waals surface area contributed by atoms with Crippen molar-refractivity contribution in [2.75, 3.05) is 46.4 Å². The van der Waals surface area contributed by atoms with Crippen molar-refractivity contribution in [3.05, 3.63) is 77.9 Å². The molecule has 0 spiro atoms. The lowest BCUT2D eigenvalue weighted by atomic mass is 9.90. The summed E-state index contributed by atoms with van der Waals surface area (Å²) in [5.74, 6) is 1.38. The molecule has 3 heterocycles. The number of unbranched alkanes of at least 4 members (excludes halogenated alkanes) is 4. The first-order chi connectivity index (χ1) is 25.4. The number of aromatic nitrogens is 2. The Morgan fingerprint density at radius 1 is 0.750 bits per heavy atom. The molecule has 0 amide bonds. The lowest BCUT2D eigenvalue weighted by Crippen LogP contribution is -2.30. The number of rotatable bonds is 14. The number of fused-ring (bicyclic) bond motifs is 3. The first-order valence-corrected chi connectivity index (χ1v) is 20.5. The Hall–Kier alpha value is -4.10. The monoisotopic (exact) mass is 714 g/mol. The fourth-order valence-electron chi connectivity index (χ4n) is 8.66. The first kappa shape index (κ1) is 36.3. The van der Waals surface area contributed by atoms with Crippen molar-refractivity contribution >= 4 is 46.6 Å². The third-order valence-electron chi connectivity index (χ3n) is 11.2. The van der Waals surface area contributed by atoms with Gasteiger partial charge in [-0.2, -0.15) is 0 Å². The fraction of sp³-hybridized carbons (Fsp3) is 0.444. The number of nitrogen functional groups attached to an aromatic ring is 1. The van der Waals surface area contributed by atoms with Gasteiger partial charge < -0.3 is 24.8 Å². The summed E-state index contributed by atoms with van der Waals surface area (Å²) < 4.78 is 5.74. The normalized spacial score (nSPS) is 14.3. The number of hydrogen-bond donors (Lipinski definition) is 3. The van der Waals surface area contributed by atoms with Gasteiger partial charge in [0.2, 0.25) is 0 Å². The minimum absolute atomic E-state index is 0.405. The molecule has 0 saturated carbocycles. The van der Waals surface area contributed by atoms with Crippen molar-refractivity contribution in [3.8, 4) is 33.6 Å². The minimum atomic E-state index is 0.405. The fourth-order valence-corrected chi connectivity index (χ4v) is 8.89. The highest BCUT2D eigenvalue weighted by molar-refractivity contribution is 7.81. The van der Waals surface area contributed by atoms with Crippen molar-refractivity contribution in [2.24, 2.45) is 5.92 Å². The van der Waals surface area contributed by atoms with Gasteiger partial charge in [-0.25, -0.2) is 4.98 Å². The summed E-state index contributed by atoms with van der Waals surface area (Å²) in [6, 6.07) is 24.7. The molecule has 0 radical (unpaired) electrons. The van der Waals surface area contributed by atoms with Gasteiger partial charge in [0.15, 0.2) is 0 Å². The van der Waals surface area contributed by atoms with E-state index in [1.807, 2.05) is 0 Å². The number of anilines is 4. The molecule has 0 unspecified atom stereocenters. The van der Waals surface area contributed by atoms with Crippen LogP contribution in [-0.2, 0) is 19.4 Å². The number of thiol groups is 1. The van der Waals surface area contributed by atoms with E-state index < -0.39 is 0 Å². The standard InChI is InChI=1S/C45H58N6S/c1-5-7-12-24-49-26-14-18-33-28-35(20-22-37(33)49)39-41(46)42(48-52)40(36-21-23-38-34(29-36)19-15-27-50(38)25-13-8-6-2)43-44(39)51(30-31(3)4)45(47-43)32-16-10-9-11-17-32/h9-11,16-17,20-23,28-29,31,48,52H,5-8,12-15,18-19,24-27,30,46H2,1-4H3. The number of nitrogens with zero attached hydrogens (tertiary/aromatic N) is 4. The van der Waals surface area contributed by atoms with E-state index in [2.05, 4.69) is 114 Å². The van der Waals surface area contributed by atoms with E-state index in [1.54, 1.807) is 0 Å². The summed E-state index contributed by atoms with van der Waals surface area (Å²) in [5, 5.41) is 0. The lowest BCUT2D eigenvalue weighted by Gasteiger charge is -2.32. The van der Waals surface area contributed by atoms with Gasteiger partial charge in [0.25, 0.3) is 0 Å². The van der Waals surface area contributed by atoms with E-state index in [9.17, 15) is 0 Å². The summed E-state index contributed by atoms with van der Waals surface area (Å²) >= 11 is 4.76. The lowest BCUT2D eigenvalue weighted by molar-refractivity contribution is 0.537. The van der Waals surface area contributed by atoms with E-state index in [0.717, 1.165) is 102 Å². The predicted molar refractivity (Wildman–Crippen MR) is 228 cm³/mol. The van der Waals surface area contributed by atoms with Crippen LogP contribution < -0.4 is 20.3 Å². The largest absolute Gasteiger partial charge is 0.396 e. The Kier molecular flexibility index (Phi) is 11.4. The second-order valence-electron chi connectivity index (χ2n) is 15.4. The number of hydrogen-bond acceptors (Lipinski definition) is 6. The summed E-state index contributed by atoms with van der Waals surface area (Å²) in [5.41, 5.74) is 22.1. The first-order valence-electron chi connectivity index (χ1n) is 20.0. The van der Waals surface area contributed by atoms with Gasteiger partial charge in [0.1, 0.15) is 5.82 Å². The highest BCUT2D eigenvalue weighted by atomic mass is 32.1. The molecular formula is C45H58N6S. The van der Waals surface area contributed by atoms with E-state index in [0.29, 0.717) is 5.92 Å². The van der Waals surface area contributed by atoms with E-state index in [1.165, 1.54) is 73.9 Å². The van der Waals surface area contributed by atoms with E-state index in [-0.39, 0.29) is 0 Å². The van der Waals surface area contributed by atoms with Crippen molar-refractivity contribution in [2.45, 2.75) is 98.4 Å². The molecule has 6 nitrogen and oxygen atoms in total. The van der Waals surface area contributed by atoms with Crippen molar-refractivity contribution in [1.29, 1.82) is 0 Å². The third kappa shape index (κ3) is 7.13. The molecule has 7 heteroatoms. The Balaban J connectivity index is 1.45. The van der Waals surface area contributed by atoms with Gasteiger partial charge in [0, 0.05) is 60.8 Å².